The van der Waals surface area contributed by atoms with E-state index in [9.17, 15) is 0 Å². The molecule has 2 aromatic rings. The van der Waals surface area contributed by atoms with Gasteiger partial charge in [-0.05, 0) is 41.8 Å². The predicted molar refractivity (Wildman–Crippen MR) is 75.5 cm³/mol. The molecule has 0 amide bonds. The fourth-order valence-corrected chi connectivity index (χ4v) is 1.95. The summed E-state index contributed by atoms with van der Waals surface area (Å²) in [6, 6.07) is 13.7. The lowest BCUT2D eigenvalue weighted by molar-refractivity contribution is 0.107. The monoisotopic (exact) mass is 261 g/mol. The third-order valence-electron chi connectivity index (χ3n) is 2.71. The Kier molecular flexibility index (Phi) is 4.24. The standard InChI is InChI=1S/C15H16ClNO/c1-11-2-5-13(15(16)8-11)10-18-9-12-3-6-14(17)7-4-12/h2-8H,9-10,17H2,1H3. The first-order valence-corrected chi connectivity index (χ1v) is 6.20. The summed E-state index contributed by atoms with van der Waals surface area (Å²) < 4.78 is 5.64. The number of rotatable bonds is 4. The van der Waals surface area contributed by atoms with Gasteiger partial charge in [-0.15, -0.1) is 0 Å². The quantitative estimate of drug-likeness (QED) is 0.846. The van der Waals surface area contributed by atoms with Crippen molar-refractivity contribution in [1.29, 1.82) is 0 Å². The van der Waals surface area contributed by atoms with Crippen LogP contribution in [0.1, 0.15) is 16.7 Å². The zero-order valence-electron chi connectivity index (χ0n) is 10.3. The van der Waals surface area contributed by atoms with Gasteiger partial charge in [0.1, 0.15) is 0 Å². The summed E-state index contributed by atoms with van der Waals surface area (Å²) >= 11 is 6.14. The van der Waals surface area contributed by atoms with Crippen LogP contribution in [0.3, 0.4) is 0 Å². The molecule has 0 aliphatic carbocycles. The zero-order valence-corrected chi connectivity index (χ0v) is 11.1. The van der Waals surface area contributed by atoms with Crippen LogP contribution < -0.4 is 5.73 Å². The normalized spacial score (nSPS) is 10.6. The van der Waals surface area contributed by atoms with Gasteiger partial charge >= 0.3 is 0 Å². The smallest absolute Gasteiger partial charge is 0.0735 e. The van der Waals surface area contributed by atoms with Crippen LogP contribution in [0.5, 0.6) is 0 Å². The molecule has 0 aromatic heterocycles. The molecule has 2 N–H and O–H groups in total. The zero-order chi connectivity index (χ0) is 13.0. The van der Waals surface area contributed by atoms with E-state index in [4.69, 9.17) is 22.1 Å². The third kappa shape index (κ3) is 3.49. The number of benzene rings is 2. The predicted octanol–water partition coefficient (Wildman–Crippen LogP) is 3.95. The molecule has 0 aliphatic heterocycles. The largest absolute Gasteiger partial charge is 0.399 e. The summed E-state index contributed by atoms with van der Waals surface area (Å²) in [7, 11) is 0. The van der Waals surface area contributed by atoms with Crippen molar-refractivity contribution in [2.24, 2.45) is 0 Å². The third-order valence-corrected chi connectivity index (χ3v) is 3.07. The minimum absolute atomic E-state index is 0.517. The minimum atomic E-state index is 0.517. The van der Waals surface area contributed by atoms with Crippen molar-refractivity contribution >= 4 is 17.3 Å². The summed E-state index contributed by atoms with van der Waals surface area (Å²) in [5.41, 5.74) is 9.66. The lowest BCUT2D eigenvalue weighted by atomic mass is 10.1. The maximum absolute atomic E-state index is 6.14. The van der Waals surface area contributed by atoms with Crippen LogP contribution in [0.15, 0.2) is 42.5 Å². The van der Waals surface area contributed by atoms with Crippen molar-refractivity contribution in [3.05, 3.63) is 64.2 Å². The lowest BCUT2D eigenvalue weighted by Crippen LogP contribution is -1.95. The van der Waals surface area contributed by atoms with E-state index >= 15 is 0 Å². The number of nitrogen functional groups attached to an aromatic ring is 1. The SMILES string of the molecule is Cc1ccc(COCc2ccc(N)cc2)c(Cl)c1. The molecule has 18 heavy (non-hydrogen) atoms. The average Bonchev–Trinajstić information content (AvgIpc) is 2.34. The summed E-state index contributed by atoms with van der Waals surface area (Å²) in [6.45, 7) is 3.10. The van der Waals surface area contributed by atoms with Gasteiger partial charge in [0.25, 0.3) is 0 Å². The number of anilines is 1. The highest BCUT2D eigenvalue weighted by Gasteiger charge is 2.01. The molecular formula is C15H16ClNO. The first-order chi connectivity index (χ1) is 8.65. The molecule has 0 spiro atoms. The second-order valence-corrected chi connectivity index (χ2v) is 4.74. The van der Waals surface area contributed by atoms with Gasteiger partial charge in [0.05, 0.1) is 13.2 Å². The van der Waals surface area contributed by atoms with Crippen molar-refractivity contribution in [2.75, 3.05) is 5.73 Å². The number of hydrogen-bond donors (Lipinski definition) is 1. The van der Waals surface area contributed by atoms with Gasteiger partial charge in [-0.2, -0.15) is 0 Å². The molecule has 0 radical (unpaired) electrons. The van der Waals surface area contributed by atoms with Gasteiger partial charge in [0, 0.05) is 10.7 Å². The fraction of sp³-hybridized carbons (Fsp3) is 0.200. The maximum atomic E-state index is 6.14. The highest BCUT2D eigenvalue weighted by Crippen LogP contribution is 2.19. The number of halogens is 1. The number of aryl methyl sites for hydroxylation is 1. The maximum Gasteiger partial charge on any atom is 0.0735 e. The Morgan fingerprint density at radius 3 is 2.44 bits per heavy atom. The molecule has 0 unspecified atom stereocenters. The molecule has 0 heterocycles. The van der Waals surface area contributed by atoms with Gasteiger partial charge in [-0.1, -0.05) is 35.9 Å². The second-order valence-electron chi connectivity index (χ2n) is 4.33. The Hall–Kier alpha value is -1.51. The van der Waals surface area contributed by atoms with Crippen molar-refractivity contribution in [3.63, 3.8) is 0 Å². The van der Waals surface area contributed by atoms with Crippen LogP contribution in [0, 0.1) is 6.92 Å². The molecule has 2 aromatic carbocycles. The molecule has 0 atom stereocenters. The summed E-state index contributed by atoms with van der Waals surface area (Å²) in [4.78, 5) is 0. The van der Waals surface area contributed by atoms with Crippen LogP contribution in [0.4, 0.5) is 5.69 Å². The Bertz CT molecular complexity index is 523. The van der Waals surface area contributed by atoms with Crippen LogP contribution in [-0.4, -0.2) is 0 Å². The second kappa shape index (κ2) is 5.89. The van der Waals surface area contributed by atoms with Crippen molar-refractivity contribution < 1.29 is 4.74 Å². The van der Waals surface area contributed by atoms with E-state index in [1.54, 1.807) is 0 Å². The van der Waals surface area contributed by atoms with E-state index in [1.807, 2.05) is 49.4 Å². The van der Waals surface area contributed by atoms with E-state index in [2.05, 4.69) is 0 Å². The Morgan fingerprint density at radius 2 is 1.78 bits per heavy atom. The topological polar surface area (TPSA) is 35.2 Å². The molecule has 3 heteroatoms. The van der Waals surface area contributed by atoms with Gasteiger partial charge in [-0.25, -0.2) is 0 Å². The fourth-order valence-electron chi connectivity index (χ4n) is 1.66. The van der Waals surface area contributed by atoms with Crippen LogP contribution in [-0.2, 0) is 18.0 Å². The Balaban J connectivity index is 1.90. The number of ether oxygens (including phenoxy) is 1. The van der Waals surface area contributed by atoms with Gasteiger partial charge in [-0.3, -0.25) is 0 Å². The van der Waals surface area contributed by atoms with Crippen LogP contribution in [0.25, 0.3) is 0 Å². The van der Waals surface area contributed by atoms with E-state index in [0.717, 1.165) is 27.4 Å². The minimum Gasteiger partial charge on any atom is -0.399 e. The Morgan fingerprint density at radius 1 is 1.06 bits per heavy atom. The molecule has 0 saturated heterocycles. The average molecular weight is 262 g/mol. The first kappa shape index (κ1) is 12.9. The molecule has 0 aliphatic rings. The molecule has 0 saturated carbocycles. The van der Waals surface area contributed by atoms with E-state index in [1.165, 1.54) is 0 Å². The molecular weight excluding hydrogens is 246 g/mol. The molecule has 0 fully saturated rings. The van der Waals surface area contributed by atoms with Crippen LogP contribution >= 0.6 is 11.6 Å². The number of nitrogens with two attached hydrogens (primary N) is 1. The van der Waals surface area contributed by atoms with Gasteiger partial charge in [0.15, 0.2) is 0 Å². The van der Waals surface area contributed by atoms with Crippen molar-refractivity contribution in [2.45, 2.75) is 20.1 Å². The van der Waals surface area contributed by atoms with E-state index < -0.39 is 0 Å². The highest BCUT2D eigenvalue weighted by molar-refractivity contribution is 6.31. The highest BCUT2D eigenvalue weighted by atomic mass is 35.5. The summed E-state index contributed by atoms with van der Waals surface area (Å²) in [5.74, 6) is 0. The number of hydrogen-bond acceptors (Lipinski definition) is 2. The van der Waals surface area contributed by atoms with Gasteiger partial charge < -0.3 is 10.5 Å². The van der Waals surface area contributed by atoms with Crippen LogP contribution in [0.2, 0.25) is 5.02 Å². The van der Waals surface area contributed by atoms with E-state index in [-0.39, 0.29) is 0 Å². The van der Waals surface area contributed by atoms with Crippen molar-refractivity contribution in [3.8, 4) is 0 Å². The van der Waals surface area contributed by atoms with E-state index in [0.29, 0.717) is 13.2 Å². The molecule has 2 rings (SSSR count). The molecule has 94 valence electrons. The lowest BCUT2D eigenvalue weighted by Gasteiger charge is -2.07. The summed E-state index contributed by atoms with van der Waals surface area (Å²) in [6.07, 6.45) is 0. The van der Waals surface area contributed by atoms with Gasteiger partial charge in [0.2, 0.25) is 0 Å². The molecule has 2 nitrogen and oxygen atoms in total. The summed E-state index contributed by atoms with van der Waals surface area (Å²) in [5, 5.41) is 0.757. The van der Waals surface area contributed by atoms with Crippen molar-refractivity contribution in [1.82, 2.24) is 0 Å². The molecule has 0 bridgehead atoms. The Labute approximate surface area is 112 Å². The first-order valence-electron chi connectivity index (χ1n) is 5.82.